The van der Waals surface area contributed by atoms with E-state index >= 15 is 0 Å². The van der Waals surface area contributed by atoms with Crippen LogP contribution in [-0.2, 0) is 14.9 Å². The first-order valence-corrected chi connectivity index (χ1v) is 9.38. The molecule has 2 N–H and O–H groups in total. The third kappa shape index (κ3) is 9.42. The molecule has 0 unspecified atom stereocenters. The lowest BCUT2D eigenvalue weighted by Gasteiger charge is -2.17. The van der Waals surface area contributed by atoms with Gasteiger partial charge in [-0.3, -0.25) is 0 Å². The van der Waals surface area contributed by atoms with Gasteiger partial charge in [-0.25, -0.2) is 4.72 Å². The summed E-state index contributed by atoms with van der Waals surface area (Å²) in [5.41, 5.74) is 0. The smallest absolute Gasteiger partial charge is 0.279 e. The Morgan fingerprint density at radius 3 is 2.57 bits per heavy atom. The molecule has 0 aliphatic heterocycles. The van der Waals surface area contributed by atoms with Gasteiger partial charge < -0.3 is 10.1 Å². The highest BCUT2D eigenvalue weighted by molar-refractivity contribution is 7.87. The van der Waals surface area contributed by atoms with E-state index in [0.717, 1.165) is 19.6 Å². The van der Waals surface area contributed by atoms with Crippen molar-refractivity contribution in [2.45, 2.75) is 45.6 Å². The fraction of sp³-hybridized carbons (Fsp3) is 1.00. The van der Waals surface area contributed by atoms with Gasteiger partial charge >= 0.3 is 0 Å². The van der Waals surface area contributed by atoms with Crippen molar-refractivity contribution < 1.29 is 13.2 Å². The Bertz CT molecular complexity index is 370. The second-order valence-corrected chi connectivity index (χ2v) is 7.99. The van der Waals surface area contributed by atoms with E-state index in [1.54, 1.807) is 7.05 Å². The maximum Gasteiger partial charge on any atom is 0.279 e. The van der Waals surface area contributed by atoms with Gasteiger partial charge in [0.2, 0.25) is 0 Å². The summed E-state index contributed by atoms with van der Waals surface area (Å²) in [6.45, 7) is 7.35. The molecule has 0 bridgehead atoms. The average molecular weight is 321 g/mol. The lowest BCUT2D eigenvalue weighted by Crippen LogP contribution is -2.40. The Labute approximate surface area is 129 Å². The molecule has 0 heterocycles. The fourth-order valence-corrected chi connectivity index (χ4v) is 2.81. The molecule has 21 heavy (non-hydrogen) atoms. The van der Waals surface area contributed by atoms with Crippen molar-refractivity contribution in [2.24, 2.45) is 5.92 Å². The van der Waals surface area contributed by atoms with Gasteiger partial charge in [0.05, 0.1) is 0 Å². The molecule has 126 valence electrons. The van der Waals surface area contributed by atoms with Crippen LogP contribution in [0, 0.1) is 5.92 Å². The monoisotopic (exact) mass is 321 g/mol. The first-order chi connectivity index (χ1) is 9.92. The van der Waals surface area contributed by atoms with Crippen molar-refractivity contribution in [3.8, 4) is 0 Å². The highest BCUT2D eigenvalue weighted by Crippen LogP contribution is 2.18. The van der Waals surface area contributed by atoms with Crippen LogP contribution in [0.4, 0.5) is 0 Å². The molecule has 1 rings (SSSR count). The molecule has 1 aliphatic rings. The molecule has 0 atom stereocenters. The summed E-state index contributed by atoms with van der Waals surface area (Å²) in [5, 5.41) is 3.38. The van der Waals surface area contributed by atoms with E-state index in [4.69, 9.17) is 4.74 Å². The summed E-state index contributed by atoms with van der Waals surface area (Å²) >= 11 is 0. The largest absolute Gasteiger partial charge is 0.381 e. The zero-order valence-electron chi connectivity index (χ0n) is 13.6. The van der Waals surface area contributed by atoms with Crippen LogP contribution in [0.5, 0.6) is 0 Å². The normalized spacial score (nSPS) is 16.0. The summed E-state index contributed by atoms with van der Waals surface area (Å²) in [5.74, 6) is 0.511. The van der Waals surface area contributed by atoms with Crippen molar-refractivity contribution >= 4 is 10.2 Å². The van der Waals surface area contributed by atoms with Crippen molar-refractivity contribution in [3.05, 3.63) is 0 Å². The topological polar surface area (TPSA) is 70.7 Å². The van der Waals surface area contributed by atoms with Crippen molar-refractivity contribution in [1.82, 2.24) is 14.3 Å². The lowest BCUT2D eigenvalue weighted by atomic mass is 10.2. The molecular weight excluding hydrogens is 290 g/mol. The summed E-state index contributed by atoms with van der Waals surface area (Å²) in [4.78, 5) is 0. The number of rotatable bonds is 13. The summed E-state index contributed by atoms with van der Waals surface area (Å²) < 4.78 is 33.3. The predicted octanol–water partition coefficient (Wildman–Crippen LogP) is 0.957. The minimum atomic E-state index is -3.35. The van der Waals surface area contributed by atoms with E-state index in [0.29, 0.717) is 38.1 Å². The van der Waals surface area contributed by atoms with E-state index in [-0.39, 0.29) is 0 Å². The molecule has 0 aromatic carbocycles. The van der Waals surface area contributed by atoms with Crippen LogP contribution in [0.3, 0.4) is 0 Å². The van der Waals surface area contributed by atoms with E-state index in [9.17, 15) is 8.42 Å². The quantitative estimate of drug-likeness (QED) is 0.496. The van der Waals surface area contributed by atoms with Gasteiger partial charge in [0.15, 0.2) is 0 Å². The van der Waals surface area contributed by atoms with Crippen molar-refractivity contribution in [1.29, 1.82) is 0 Å². The fourth-order valence-electron chi connectivity index (χ4n) is 1.82. The Morgan fingerprint density at radius 1 is 1.24 bits per heavy atom. The number of nitrogens with one attached hydrogen (secondary N) is 2. The molecule has 0 radical (unpaired) electrons. The molecule has 1 aliphatic carbocycles. The highest BCUT2D eigenvalue weighted by Gasteiger charge is 2.20. The molecule has 7 heteroatoms. The number of ether oxygens (including phenoxy) is 1. The summed E-state index contributed by atoms with van der Waals surface area (Å²) in [7, 11) is -1.73. The SMILES string of the molecule is CC(C)COCCCNS(=O)(=O)N(C)CCCNC1CC1. The van der Waals surface area contributed by atoms with E-state index in [1.165, 1.54) is 17.1 Å². The van der Waals surface area contributed by atoms with Crippen LogP contribution < -0.4 is 10.0 Å². The molecule has 0 aromatic heterocycles. The minimum absolute atomic E-state index is 0.422. The van der Waals surface area contributed by atoms with Crippen LogP contribution in [0.15, 0.2) is 0 Å². The lowest BCUT2D eigenvalue weighted by molar-refractivity contribution is 0.108. The third-order valence-corrected chi connectivity index (χ3v) is 4.84. The van der Waals surface area contributed by atoms with Gasteiger partial charge in [-0.1, -0.05) is 13.8 Å². The van der Waals surface area contributed by atoms with E-state index in [2.05, 4.69) is 23.9 Å². The van der Waals surface area contributed by atoms with Gasteiger partial charge in [0, 0.05) is 39.4 Å². The van der Waals surface area contributed by atoms with Crippen molar-refractivity contribution in [3.63, 3.8) is 0 Å². The highest BCUT2D eigenvalue weighted by atomic mass is 32.2. The summed E-state index contributed by atoms with van der Waals surface area (Å²) in [6.07, 6.45) is 4.05. The molecule has 1 saturated carbocycles. The first kappa shape index (κ1) is 18.8. The zero-order valence-corrected chi connectivity index (χ0v) is 14.4. The summed E-state index contributed by atoms with van der Waals surface area (Å²) in [6, 6.07) is 0.677. The maximum absolute atomic E-state index is 12.0. The number of hydrogen-bond donors (Lipinski definition) is 2. The second kappa shape index (κ2) is 9.74. The van der Waals surface area contributed by atoms with Gasteiger partial charge in [-0.15, -0.1) is 0 Å². The van der Waals surface area contributed by atoms with Gasteiger partial charge in [0.1, 0.15) is 0 Å². The average Bonchev–Trinajstić information content (AvgIpc) is 3.22. The number of nitrogens with zero attached hydrogens (tertiary/aromatic N) is 1. The predicted molar refractivity (Wildman–Crippen MR) is 85.5 cm³/mol. The molecule has 0 aromatic rings. The van der Waals surface area contributed by atoms with Crippen LogP contribution in [0.1, 0.15) is 39.5 Å². The number of hydrogen-bond acceptors (Lipinski definition) is 4. The van der Waals surface area contributed by atoms with E-state index < -0.39 is 10.2 Å². The van der Waals surface area contributed by atoms with Gasteiger partial charge in [0.25, 0.3) is 10.2 Å². The standard InChI is InChI=1S/C14H31N3O3S/c1-13(2)12-20-11-5-9-16-21(18,19)17(3)10-4-8-15-14-6-7-14/h13-16H,4-12H2,1-3H3. The Morgan fingerprint density at radius 2 is 1.95 bits per heavy atom. The van der Waals surface area contributed by atoms with Crippen LogP contribution in [0.2, 0.25) is 0 Å². The van der Waals surface area contributed by atoms with Crippen molar-refractivity contribution in [2.75, 3.05) is 39.9 Å². The third-order valence-electron chi connectivity index (χ3n) is 3.27. The molecule has 0 amide bonds. The van der Waals surface area contributed by atoms with Gasteiger partial charge in [-0.05, 0) is 38.1 Å². The molecule has 1 fully saturated rings. The first-order valence-electron chi connectivity index (χ1n) is 7.94. The molecule has 6 nitrogen and oxygen atoms in total. The zero-order chi connectivity index (χ0) is 15.7. The maximum atomic E-state index is 12.0. The Kier molecular flexibility index (Phi) is 8.73. The van der Waals surface area contributed by atoms with Crippen LogP contribution in [0.25, 0.3) is 0 Å². The molecule has 0 spiro atoms. The van der Waals surface area contributed by atoms with Crippen LogP contribution >= 0.6 is 0 Å². The Balaban J connectivity index is 2.04. The molecule has 0 saturated heterocycles. The Hall–Kier alpha value is -0.210. The minimum Gasteiger partial charge on any atom is -0.381 e. The van der Waals surface area contributed by atoms with Gasteiger partial charge in [-0.2, -0.15) is 12.7 Å². The molecular formula is C14H31N3O3S. The van der Waals surface area contributed by atoms with Crippen LogP contribution in [-0.4, -0.2) is 58.7 Å². The van der Waals surface area contributed by atoms with E-state index in [1.807, 2.05) is 0 Å². The second-order valence-electron chi connectivity index (χ2n) is 6.13.